The van der Waals surface area contributed by atoms with Crippen LogP contribution in [-0.4, -0.2) is 5.91 Å². The zero-order chi connectivity index (χ0) is 22.7. The molecular weight excluding hydrogens is 403 g/mol. The Morgan fingerprint density at radius 3 is 2.40 bits per heavy atom. The van der Waals surface area contributed by atoms with E-state index in [-0.39, 0.29) is 22.8 Å². The van der Waals surface area contributed by atoms with Crippen molar-refractivity contribution in [3.63, 3.8) is 0 Å². The lowest BCUT2D eigenvalue weighted by molar-refractivity contribution is -0.117. The van der Waals surface area contributed by atoms with Gasteiger partial charge in [0.25, 0.3) is 5.91 Å². The molecule has 1 rings (SSSR count). The molecule has 0 radical (unpaired) electrons. The predicted molar refractivity (Wildman–Crippen MR) is 122 cm³/mol. The summed E-state index contributed by atoms with van der Waals surface area (Å²) in [5, 5.41) is 2.72. The molecule has 0 unspecified atom stereocenters. The van der Waals surface area contributed by atoms with Crippen LogP contribution in [-0.2, 0) is 11.3 Å². The quantitative estimate of drug-likeness (QED) is 0.274. The normalized spacial score (nSPS) is 13.8. The smallest absolute Gasteiger partial charge is 0.253 e. The van der Waals surface area contributed by atoms with E-state index >= 15 is 0 Å². The second-order valence-electron chi connectivity index (χ2n) is 6.47. The van der Waals surface area contributed by atoms with Crippen LogP contribution in [0.3, 0.4) is 0 Å². The number of amides is 1. The molecule has 0 bridgehead atoms. The molecule has 3 N–H and O–H groups in total. The number of nitrogens with one attached hydrogen (secondary N) is 1. The third-order valence-electron chi connectivity index (χ3n) is 4.15. The average Bonchev–Trinajstić information content (AvgIpc) is 2.74. The van der Waals surface area contributed by atoms with E-state index in [0.29, 0.717) is 23.5 Å². The second kappa shape index (κ2) is 12.5. The van der Waals surface area contributed by atoms with Crippen LogP contribution in [0.25, 0.3) is 0 Å². The first-order valence-electron chi connectivity index (χ1n) is 9.42. The Morgan fingerprint density at radius 2 is 1.90 bits per heavy atom. The first kappa shape index (κ1) is 25.0. The summed E-state index contributed by atoms with van der Waals surface area (Å²) in [5.74, 6) is -0.00157. The summed E-state index contributed by atoms with van der Waals surface area (Å²) in [6.45, 7) is 12.7. The van der Waals surface area contributed by atoms with Crippen molar-refractivity contribution in [2.45, 2.75) is 33.7 Å². The molecule has 0 aliphatic carbocycles. The number of ether oxygens (including phenoxy) is 1. The monoisotopic (exact) mass is 430 g/mol. The van der Waals surface area contributed by atoms with E-state index < -0.39 is 11.7 Å². The first-order valence-corrected chi connectivity index (χ1v) is 9.80. The highest BCUT2D eigenvalue weighted by molar-refractivity contribution is 6.32. The van der Waals surface area contributed by atoms with Crippen LogP contribution in [0.2, 0.25) is 0 Å². The number of rotatable bonds is 10. The number of hydrogen-bond donors (Lipinski definition) is 2. The molecule has 0 fully saturated rings. The minimum atomic E-state index is -0.696. The lowest BCUT2D eigenvalue weighted by Crippen LogP contribution is -2.25. The van der Waals surface area contributed by atoms with Gasteiger partial charge in [0.05, 0.1) is 10.6 Å². The third-order valence-corrected chi connectivity index (χ3v) is 4.65. The van der Waals surface area contributed by atoms with Gasteiger partial charge in [-0.2, -0.15) is 0 Å². The zero-order valence-electron chi connectivity index (χ0n) is 17.6. The molecule has 1 aromatic carbocycles. The van der Waals surface area contributed by atoms with Gasteiger partial charge in [-0.3, -0.25) is 4.79 Å². The van der Waals surface area contributed by atoms with Crippen LogP contribution in [0.5, 0.6) is 5.75 Å². The summed E-state index contributed by atoms with van der Waals surface area (Å²) in [6.07, 6.45) is 6.54. The fraction of sp³-hybridized carbons (Fsp3) is 0.208. The lowest BCUT2D eigenvalue weighted by Gasteiger charge is -2.10. The summed E-state index contributed by atoms with van der Waals surface area (Å²) in [4.78, 5) is 12.5. The maximum atomic E-state index is 14.4. The standard InChI is InChI=1S/C24H28ClFN2O2/c1-6-9-19(8-3)30-20-12-10-18(11-13-20)15-28-24(29)21(17(5)27)14-22(26)23(25)16(4)7-2/h6,8-14H,1,3,7,15,27H2,2,4-5H3,(H,28,29)/b19-9+,21-17-,22-14+,23-16?. The Morgan fingerprint density at radius 1 is 1.27 bits per heavy atom. The summed E-state index contributed by atoms with van der Waals surface area (Å²) >= 11 is 6.00. The van der Waals surface area contributed by atoms with Gasteiger partial charge in [0.15, 0.2) is 0 Å². The molecule has 4 nitrogen and oxygen atoms in total. The Hall–Kier alpha value is -3.05. The van der Waals surface area contributed by atoms with E-state index in [1.54, 1.807) is 37.3 Å². The van der Waals surface area contributed by atoms with Gasteiger partial charge < -0.3 is 15.8 Å². The molecule has 0 heterocycles. The van der Waals surface area contributed by atoms with E-state index in [4.69, 9.17) is 22.1 Å². The van der Waals surface area contributed by atoms with Crippen molar-refractivity contribution in [3.05, 3.63) is 101 Å². The summed E-state index contributed by atoms with van der Waals surface area (Å²) in [5.41, 5.74) is 7.52. The Bertz CT molecular complexity index is 906. The molecule has 160 valence electrons. The van der Waals surface area contributed by atoms with Crippen LogP contribution in [0.15, 0.2) is 95.2 Å². The Kier molecular flexibility index (Phi) is 10.4. The molecule has 0 saturated carbocycles. The third kappa shape index (κ3) is 7.76. The maximum absolute atomic E-state index is 14.4. The molecular formula is C24H28ClFN2O2. The molecule has 6 heteroatoms. The molecule has 1 aromatic rings. The summed E-state index contributed by atoms with van der Waals surface area (Å²) < 4.78 is 20.0. The fourth-order valence-corrected chi connectivity index (χ4v) is 2.44. The van der Waals surface area contributed by atoms with E-state index in [0.717, 1.165) is 11.6 Å². The molecule has 0 aromatic heterocycles. The molecule has 0 spiro atoms. The minimum absolute atomic E-state index is 0.0102. The van der Waals surface area contributed by atoms with Crippen LogP contribution in [0.4, 0.5) is 4.39 Å². The highest BCUT2D eigenvalue weighted by atomic mass is 35.5. The Balaban J connectivity index is 2.86. The number of hydrogen-bond acceptors (Lipinski definition) is 3. The largest absolute Gasteiger partial charge is 0.457 e. The molecule has 1 amide bonds. The van der Waals surface area contributed by atoms with Crippen molar-refractivity contribution in [2.75, 3.05) is 0 Å². The van der Waals surface area contributed by atoms with Gasteiger partial charge in [-0.15, -0.1) is 0 Å². The van der Waals surface area contributed by atoms with Crippen LogP contribution in [0, 0.1) is 0 Å². The van der Waals surface area contributed by atoms with E-state index in [1.165, 1.54) is 6.92 Å². The first-order chi connectivity index (χ1) is 14.2. The highest BCUT2D eigenvalue weighted by Crippen LogP contribution is 2.24. The van der Waals surface area contributed by atoms with E-state index in [2.05, 4.69) is 18.5 Å². The van der Waals surface area contributed by atoms with Crippen molar-refractivity contribution < 1.29 is 13.9 Å². The number of carbonyl (C=O) groups excluding carboxylic acids is 1. The Labute approximate surface area is 182 Å². The van der Waals surface area contributed by atoms with Crippen LogP contribution >= 0.6 is 11.6 Å². The second-order valence-corrected chi connectivity index (χ2v) is 6.85. The topological polar surface area (TPSA) is 64.3 Å². The van der Waals surface area contributed by atoms with Gasteiger partial charge in [-0.25, -0.2) is 4.39 Å². The van der Waals surface area contributed by atoms with Gasteiger partial charge >= 0.3 is 0 Å². The van der Waals surface area contributed by atoms with Gasteiger partial charge in [0, 0.05) is 12.2 Å². The number of nitrogens with two attached hydrogens (primary N) is 1. The molecule has 30 heavy (non-hydrogen) atoms. The maximum Gasteiger partial charge on any atom is 0.253 e. The van der Waals surface area contributed by atoms with Gasteiger partial charge in [0.1, 0.15) is 17.3 Å². The molecule has 0 aliphatic rings. The number of carbonyl (C=O) groups is 1. The van der Waals surface area contributed by atoms with Crippen molar-refractivity contribution in [3.8, 4) is 5.75 Å². The van der Waals surface area contributed by atoms with Crippen molar-refractivity contribution in [1.82, 2.24) is 5.32 Å². The van der Waals surface area contributed by atoms with Gasteiger partial charge in [-0.1, -0.05) is 55.5 Å². The summed E-state index contributed by atoms with van der Waals surface area (Å²) in [6, 6.07) is 7.15. The van der Waals surface area contributed by atoms with Crippen molar-refractivity contribution in [1.29, 1.82) is 0 Å². The minimum Gasteiger partial charge on any atom is -0.457 e. The average molecular weight is 431 g/mol. The highest BCUT2D eigenvalue weighted by Gasteiger charge is 2.13. The van der Waals surface area contributed by atoms with Gasteiger partial charge in [0.2, 0.25) is 0 Å². The number of benzene rings is 1. The SMILES string of the molecule is C=C/C=C(\C=C)Oc1ccc(CNC(=O)C(/C=C(/F)C(Cl)=C(C)CC)=C(/C)N)cc1. The van der Waals surface area contributed by atoms with Crippen molar-refractivity contribution in [2.24, 2.45) is 5.73 Å². The molecule has 0 atom stereocenters. The molecule has 0 saturated heterocycles. The zero-order valence-corrected chi connectivity index (χ0v) is 18.4. The predicted octanol–water partition coefficient (Wildman–Crippen LogP) is 5.95. The number of allylic oxidation sites excluding steroid dienone is 7. The molecule has 0 aliphatic heterocycles. The van der Waals surface area contributed by atoms with Crippen LogP contribution in [0.1, 0.15) is 32.8 Å². The summed E-state index contributed by atoms with van der Waals surface area (Å²) in [7, 11) is 0. The number of halogens is 2. The van der Waals surface area contributed by atoms with Crippen LogP contribution < -0.4 is 15.8 Å². The van der Waals surface area contributed by atoms with Gasteiger partial charge in [-0.05, 0) is 56.2 Å². The van der Waals surface area contributed by atoms with E-state index in [1.807, 2.05) is 19.1 Å². The lowest BCUT2D eigenvalue weighted by atomic mass is 10.1. The van der Waals surface area contributed by atoms with Crippen molar-refractivity contribution >= 4 is 17.5 Å². The van der Waals surface area contributed by atoms with E-state index in [9.17, 15) is 9.18 Å². The fourth-order valence-electron chi connectivity index (χ4n) is 2.26.